The Morgan fingerprint density at radius 1 is 1.47 bits per heavy atom. The number of aryl methyl sites for hydroxylation is 1. The van der Waals surface area contributed by atoms with Crippen LogP contribution >= 0.6 is 11.6 Å². The Morgan fingerprint density at radius 3 is 2.63 bits per heavy atom. The highest BCUT2D eigenvalue weighted by Gasteiger charge is 2.19. The van der Waals surface area contributed by atoms with Crippen molar-refractivity contribution in [3.8, 4) is 0 Å². The fourth-order valence-electron chi connectivity index (χ4n) is 1.46. The Hall–Kier alpha value is -1.59. The molecule has 0 heterocycles. The number of nitrogens with zero attached hydrogens (tertiary/aromatic N) is 1. The number of amides is 1. The molecule has 1 aromatic carbocycles. The van der Waals surface area contributed by atoms with Gasteiger partial charge in [0.1, 0.15) is 6.04 Å². The van der Waals surface area contributed by atoms with E-state index in [1.54, 1.807) is 19.2 Å². The van der Waals surface area contributed by atoms with Gasteiger partial charge in [0.25, 0.3) is 0 Å². The molecule has 19 heavy (non-hydrogen) atoms. The van der Waals surface area contributed by atoms with Gasteiger partial charge in [-0.25, -0.2) is 0 Å². The first-order valence-electron chi connectivity index (χ1n) is 5.80. The molecule has 1 atom stereocenters. The first kappa shape index (κ1) is 15.5. The third-order valence-corrected chi connectivity index (χ3v) is 3.12. The molecule has 0 aliphatic rings. The average molecular weight is 285 g/mol. The third-order valence-electron chi connectivity index (χ3n) is 2.81. The molecule has 0 radical (unpaired) electrons. The lowest BCUT2D eigenvalue weighted by atomic mass is 10.2. The number of likely N-dealkylation sites (N-methyl/N-ethyl adjacent to an activating group) is 1. The minimum atomic E-state index is -0.969. The Bertz CT molecular complexity index is 491. The maximum Gasteiger partial charge on any atom is 0.320 e. The summed E-state index contributed by atoms with van der Waals surface area (Å²) in [7, 11) is 1.58. The van der Waals surface area contributed by atoms with Crippen molar-refractivity contribution in [1.29, 1.82) is 0 Å². The number of carboxylic acids is 1. The van der Waals surface area contributed by atoms with Crippen LogP contribution in [0.4, 0.5) is 5.69 Å². The normalized spacial score (nSPS) is 12.3. The molecule has 5 nitrogen and oxygen atoms in total. The van der Waals surface area contributed by atoms with Crippen LogP contribution < -0.4 is 5.32 Å². The number of halogens is 1. The lowest BCUT2D eigenvalue weighted by Crippen LogP contribution is -2.40. The number of nitrogens with one attached hydrogen (secondary N) is 1. The van der Waals surface area contributed by atoms with Gasteiger partial charge in [0.15, 0.2) is 0 Å². The van der Waals surface area contributed by atoms with E-state index in [0.717, 1.165) is 5.56 Å². The van der Waals surface area contributed by atoms with Crippen molar-refractivity contribution in [3.05, 3.63) is 28.8 Å². The van der Waals surface area contributed by atoms with Gasteiger partial charge in [-0.2, -0.15) is 0 Å². The quantitative estimate of drug-likeness (QED) is 0.867. The van der Waals surface area contributed by atoms with Crippen molar-refractivity contribution in [1.82, 2.24) is 4.90 Å². The van der Waals surface area contributed by atoms with E-state index in [0.29, 0.717) is 10.7 Å². The monoisotopic (exact) mass is 284 g/mol. The van der Waals surface area contributed by atoms with Crippen LogP contribution in [0.3, 0.4) is 0 Å². The maximum atomic E-state index is 11.8. The van der Waals surface area contributed by atoms with Crippen LogP contribution in [0.25, 0.3) is 0 Å². The molecule has 0 spiro atoms. The van der Waals surface area contributed by atoms with E-state index in [9.17, 15) is 9.59 Å². The van der Waals surface area contributed by atoms with Gasteiger partial charge in [-0.3, -0.25) is 14.5 Å². The highest BCUT2D eigenvalue weighted by molar-refractivity contribution is 6.33. The first-order valence-corrected chi connectivity index (χ1v) is 6.18. The molecule has 0 saturated heterocycles. The summed E-state index contributed by atoms with van der Waals surface area (Å²) in [4.78, 5) is 24.0. The minimum Gasteiger partial charge on any atom is -0.480 e. The maximum absolute atomic E-state index is 11.8. The second-order valence-corrected chi connectivity index (χ2v) is 4.87. The Morgan fingerprint density at radius 2 is 2.11 bits per heavy atom. The van der Waals surface area contributed by atoms with E-state index < -0.39 is 12.0 Å². The molecule has 1 amide bonds. The topological polar surface area (TPSA) is 69.6 Å². The number of hydrogen-bond donors (Lipinski definition) is 2. The zero-order valence-corrected chi connectivity index (χ0v) is 11.9. The van der Waals surface area contributed by atoms with E-state index in [2.05, 4.69) is 5.32 Å². The molecular formula is C13H17ClN2O3. The van der Waals surface area contributed by atoms with E-state index in [-0.39, 0.29) is 12.5 Å². The molecule has 1 aromatic rings. The summed E-state index contributed by atoms with van der Waals surface area (Å²) < 4.78 is 0. The van der Waals surface area contributed by atoms with Crippen molar-refractivity contribution < 1.29 is 14.7 Å². The second-order valence-electron chi connectivity index (χ2n) is 4.46. The third kappa shape index (κ3) is 4.54. The van der Waals surface area contributed by atoms with Crippen LogP contribution in [0.2, 0.25) is 5.02 Å². The molecule has 2 N–H and O–H groups in total. The molecule has 0 aliphatic heterocycles. The van der Waals surface area contributed by atoms with Gasteiger partial charge in [0.2, 0.25) is 5.91 Å². The Kier molecular flexibility index (Phi) is 5.32. The number of anilines is 1. The van der Waals surface area contributed by atoms with Crippen molar-refractivity contribution in [3.63, 3.8) is 0 Å². The molecule has 0 fully saturated rings. The predicted molar refractivity (Wildman–Crippen MR) is 74.5 cm³/mol. The van der Waals surface area contributed by atoms with Crippen LogP contribution in [-0.2, 0) is 9.59 Å². The van der Waals surface area contributed by atoms with Crippen LogP contribution in [0.5, 0.6) is 0 Å². The molecule has 1 unspecified atom stereocenters. The summed E-state index contributed by atoms with van der Waals surface area (Å²) in [6, 6.07) is 4.58. The van der Waals surface area contributed by atoms with Gasteiger partial charge < -0.3 is 10.4 Å². The van der Waals surface area contributed by atoms with E-state index in [1.807, 2.05) is 13.0 Å². The van der Waals surface area contributed by atoms with Gasteiger partial charge in [0.05, 0.1) is 17.3 Å². The van der Waals surface area contributed by atoms with Crippen LogP contribution in [0, 0.1) is 6.92 Å². The fraction of sp³-hybridized carbons (Fsp3) is 0.385. The largest absolute Gasteiger partial charge is 0.480 e. The standard InChI is InChI=1S/C13H17ClN2O3/c1-8-4-5-11(10(14)6-8)15-12(17)7-16(3)9(2)13(18)19/h4-6,9H,7H2,1-3H3,(H,15,17)(H,18,19). The number of aliphatic carboxylic acids is 1. The van der Waals surface area contributed by atoms with E-state index >= 15 is 0 Å². The molecule has 1 rings (SSSR count). The Balaban J connectivity index is 2.63. The van der Waals surface area contributed by atoms with E-state index in [1.165, 1.54) is 11.8 Å². The molecule has 6 heteroatoms. The van der Waals surface area contributed by atoms with Gasteiger partial charge in [-0.05, 0) is 38.6 Å². The zero-order chi connectivity index (χ0) is 14.6. The molecule has 0 bridgehead atoms. The predicted octanol–water partition coefficient (Wildman–Crippen LogP) is 1.99. The summed E-state index contributed by atoms with van der Waals surface area (Å²) in [5.74, 6) is -1.27. The average Bonchev–Trinajstić information content (AvgIpc) is 2.31. The van der Waals surface area contributed by atoms with E-state index in [4.69, 9.17) is 16.7 Å². The summed E-state index contributed by atoms with van der Waals surface area (Å²) >= 11 is 6.00. The second kappa shape index (κ2) is 6.54. The number of hydrogen-bond acceptors (Lipinski definition) is 3. The zero-order valence-electron chi connectivity index (χ0n) is 11.1. The molecule has 0 aliphatic carbocycles. The summed E-state index contributed by atoms with van der Waals surface area (Å²) in [5.41, 5.74) is 1.52. The van der Waals surface area contributed by atoms with Crippen molar-refractivity contribution in [2.45, 2.75) is 19.9 Å². The van der Waals surface area contributed by atoms with Crippen molar-refractivity contribution in [2.75, 3.05) is 18.9 Å². The SMILES string of the molecule is Cc1ccc(NC(=O)CN(C)C(C)C(=O)O)c(Cl)c1. The number of benzene rings is 1. The summed E-state index contributed by atoms with van der Waals surface area (Å²) in [5, 5.41) is 12.0. The molecule has 104 valence electrons. The number of carbonyl (C=O) groups is 2. The first-order chi connectivity index (χ1) is 8.81. The summed E-state index contributed by atoms with van der Waals surface area (Å²) in [6.45, 7) is 3.41. The number of carbonyl (C=O) groups excluding carboxylic acids is 1. The highest BCUT2D eigenvalue weighted by atomic mass is 35.5. The molecule has 0 aromatic heterocycles. The van der Waals surface area contributed by atoms with Gasteiger partial charge in [0, 0.05) is 0 Å². The smallest absolute Gasteiger partial charge is 0.320 e. The highest BCUT2D eigenvalue weighted by Crippen LogP contribution is 2.22. The summed E-state index contributed by atoms with van der Waals surface area (Å²) in [6.07, 6.45) is 0. The minimum absolute atomic E-state index is 0.0162. The molecule has 0 saturated carbocycles. The van der Waals surface area contributed by atoms with Gasteiger partial charge in [-0.15, -0.1) is 0 Å². The fourth-order valence-corrected chi connectivity index (χ4v) is 1.75. The lowest BCUT2D eigenvalue weighted by Gasteiger charge is -2.20. The van der Waals surface area contributed by atoms with Crippen LogP contribution in [0.15, 0.2) is 18.2 Å². The van der Waals surface area contributed by atoms with Crippen LogP contribution in [-0.4, -0.2) is 41.5 Å². The van der Waals surface area contributed by atoms with Crippen molar-refractivity contribution in [2.24, 2.45) is 0 Å². The van der Waals surface area contributed by atoms with Gasteiger partial charge >= 0.3 is 5.97 Å². The lowest BCUT2D eigenvalue weighted by molar-refractivity contribution is -0.142. The van der Waals surface area contributed by atoms with Crippen molar-refractivity contribution >= 4 is 29.2 Å². The Labute approximate surface area is 117 Å². The molecular weight excluding hydrogens is 268 g/mol. The number of rotatable bonds is 5. The van der Waals surface area contributed by atoms with Gasteiger partial charge in [-0.1, -0.05) is 17.7 Å². The van der Waals surface area contributed by atoms with Crippen LogP contribution in [0.1, 0.15) is 12.5 Å². The number of carboxylic acid groups (broad SMARTS) is 1.